The number of piperidine rings is 1. The van der Waals surface area contributed by atoms with Gasteiger partial charge in [-0.3, -0.25) is 9.69 Å². The number of carbonyl (C=O) groups is 1. The Morgan fingerprint density at radius 2 is 1.85 bits per heavy atom. The van der Waals surface area contributed by atoms with Crippen molar-refractivity contribution in [1.29, 1.82) is 0 Å². The number of amides is 1. The fourth-order valence-electron chi connectivity index (χ4n) is 3.38. The molecule has 0 aliphatic carbocycles. The van der Waals surface area contributed by atoms with Gasteiger partial charge >= 0.3 is 0 Å². The van der Waals surface area contributed by atoms with Crippen molar-refractivity contribution in [3.63, 3.8) is 0 Å². The van der Waals surface area contributed by atoms with Gasteiger partial charge in [-0.15, -0.1) is 0 Å². The summed E-state index contributed by atoms with van der Waals surface area (Å²) < 4.78 is 5.32. The predicted octanol–water partition coefficient (Wildman–Crippen LogP) is 3.67. The molecule has 0 radical (unpaired) electrons. The molecule has 2 aromatic carbocycles. The average Bonchev–Trinajstić information content (AvgIpc) is 2.65. The van der Waals surface area contributed by atoms with E-state index in [0.29, 0.717) is 6.42 Å². The molecular formula is C21H25ClN2O2. The van der Waals surface area contributed by atoms with Gasteiger partial charge in [0.2, 0.25) is 5.91 Å². The van der Waals surface area contributed by atoms with Crippen molar-refractivity contribution in [3.8, 4) is 5.75 Å². The fourth-order valence-corrected chi connectivity index (χ4v) is 3.51. The topological polar surface area (TPSA) is 41.6 Å². The summed E-state index contributed by atoms with van der Waals surface area (Å²) in [5, 5.41) is 3.94. The van der Waals surface area contributed by atoms with E-state index in [9.17, 15) is 4.79 Å². The summed E-state index contributed by atoms with van der Waals surface area (Å²) in [7, 11) is 1.63. The number of nitrogens with zero attached hydrogens (tertiary/aromatic N) is 1. The van der Waals surface area contributed by atoms with Crippen molar-refractivity contribution in [2.45, 2.75) is 31.8 Å². The van der Waals surface area contributed by atoms with Gasteiger partial charge in [0, 0.05) is 36.3 Å². The molecule has 1 fully saturated rings. The minimum atomic E-state index is 0.0608. The quantitative estimate of drug-likeness (QED) is 0.841. The van der Waals surface area contributed by atoms with Gasteiger partial charge in [-0.1, -0.05) is 41.9 Å². The summed E-state index contributed by atoms with van der Waals surface area (Å²) in [6.07, 6.45) is 2.31. The van der Waals surface area contributed by atoms with Crippen molar-refractivity contribution < 1.29 is 9.53 Å². The molecule has 0 bridgehead atoms. The van der Waals surface area contributed by atoms with Crippen LogP contribution in [0.5, 0.6) is 5.75 Å². The van der Waals surface area contributed by atoms with Crippen LogP contribution in [-0.2, 0) is 17.8 Å². The molecule has 1 amide bonds. The maximum absolute atomic E-state index is 12.4. The number of ether oxygens (including phenoxy) is 1. The second kappa shape index (κ2) is 9.06. The van der Waals surface area contributed by atoms with Crippen molar-refractivity contribution in [3.05, 3.63) is 64.7 Å². The molecule has 138 valence electrons. The van der Waals surface area contributed by atoms with Crippen LogP contribution in [0.3, 0.4) is 0 Å². The van der Waals surface area contributed by atoms with Gasteiger partial charge in [0.15, 0.2) is 0 Å². The molecule has 0 aromatic heterocycles. The molecule has 1 N–H and O–H groups in total. The van der Waals surface area contributed by atoms with Crippen molar-refractivity contribution in [2.75, 3.05) is 20.2 Å². The molecule has 26 heavy (non-hydrogen) atoms. The molecule has 4 nitrogen and oxygen atoms in total. The molecule has 2 aromatic rings. The molecule has 0 unspecified atom stereocenters. The van der Waals surface area contributed by atoms with Crippen molar-refractivity contribution in [2.24, 2.45) is 0 Å². The molecule has 0 atom stereocenters. The van der Waals surface area contributed by atoms with E-state index >= 15 is 0 Å². The van der Waals surface area contributed by atoms with Gasteiger partial charge < -0.3 is 10.1 Å². The zero-order valence-corrected chi connectivity index (χ0v) is 15.8. The molecule has 1 saturated heterocycles. The van der Waals surface area contributed by atoms with Gasteiger partial charge in [-0.2, -0.15) is 0 Å². The number of rotatable bonds is 6. The summed E-state index contributed by atoms with van der Waals surface area (Å²) >= 11 is 5.94. The van der Waals surface area contributed by atoms with E-state index in [1.165, 1.54) is 5.56 Å². The normalized spacial score (nSPS) is 15.6. The Hall–Kier alpha value is -2.04. The third kappa shape index (κ3) is 5.23. The van der Waals surface area contributed by atoms with Crippen LogP contribution < -0.4 is 10.1 Å². The van der Waals surface area contributed by atoms with E-state index in [1.54, 1.807) is 7.11 Å². The number of hydrogen-bond acceptors (Lipinski definition) is 3. The largest absolute Gasteiger partial charge is 0.496 e. The standard InChI is InChI=1S/C21H25ClN2O2/c1-26-20-5-3-2-4-17(20)14-21(25)23-19-10-12-24(13-11-19)15-16-6-8-18(22)9-7-16/h2-9,19H,10-15H2,1H3,(H,23,25). The molecular weight excluding hydrogens is 348 g/mol. The molecule has 1 heterocycles. The highest BCUT2D eigenvalue weighted by atomic mass is 35.5. The number of benzene rings is 2. The van der Waals surface area contributed by atoms with Crippen LogP contribution in [0.25, 0.3) is 0 Å². The molecule has 1 aliphatic rings. The minimum Gasteiger partial charge on any atom is -0.496 e. The number of likely N-dealkylation sites (tertiary alicyclic amines) is 1. The van der Waals surface area contributed by atoms with Crippen molar-refractivity contribution in [1.82, 2.24) is 10.2 Å². The maximum atomic E-state index is 12.4. The zero-order valence-electron chi connectivity index (χ0n) is 15.1. The Morgan fingerprint density at radius 1 is 1.15 bits per heavy atom. The van der Waals surface area contributed by atoms with Gasteiger partial charge in [0.25, 0.3) is 0 Å². The van der Waals surface area contributed by atoms with Crippen LogP contribution in [0.4, 0.5) is 0 Å². The molecule has 0 saturated carbocycles. The lowest BCUT2D eigenvalue weighted by Gasteiger charge is -2.32. The molecule has 3 rings (SSSR count). The fraction of sp³-hybridized carbons (Fsp3) is 0.381. The highest BCUT2D eigenvalue weighted by molar-refractivity contribution is 6.30. The lowest BCUT2D eigenvalue weighted by molar-refractivity contribution is -0.121. The van der Waals surface area contributed by atoms with E-state index in [2.05, 4.69) is 22.3 Å². The van der Waals surface area contributed by atoms with Gasteiger partial charge in [-0.25, -0.2) is 0 Å². The van der Waals surface area contributed by atoms with E-state index in [0.717, 1.165) is 48.8 Å². The first kappa shape index (κ1) is 18.7. The summed E-state index contributed by atoms with van der Waals surface area (Å²) in [6.45, 7) is 2.91. The van der Waals surface area contributed by atoms with E-state index in [4.69, 9.17) is 16.3 Å². The van der Waals surface area contributed by atoms with Crippen LogP contribution >= 0.6 is 11.6 Å². The minimum absolute atomic E-state index is 0.0608. The van der Waals surface area contributed by atoms with E-state index < -0.39 is 0 Å². The first-order chi connectivity index (χ1) is 12.6. The average molecular weight is 373 g/mol. The van der Waals surface area contributed by atoms with Crippen LogP contribution in [-0.4, -0.2) is 37.0 Å². The highest BCUT2D eigenvalue weighted by Crippen LogP contribution is 2.19. The number of nitrogens with one attached hydrogen (secondary N) is 1. The lowest BCUT2D eigenvalue weighted by atomic mass is 10.0. The first-order valence-corrected chi connectivity index (χ1v) is 9.40. The Bertz CT molecular complexity index is 725. The van der Waals surface area contributed by atoms with Crippen molar-refractivity contribution >= 4 is 17.5 Å². The third-order valence-corrected chi connectivity index (χ3v) is 5.07. The summed E-state index contributed by atoms with van der Waals surface area (Å²) in [5.41, 5.74) is 2.20. The maximum Gasteiger partial charge on any atom is 0.224 e. The SMILES string of the molecule is COc1ccccc1CC(=O)NC1CCN(Cc2ccc(Cl)cc2)CC1. The van der Waals surface area contributed by atoms with Crippen LogP contribution in [0.1, 0.15) is 24.0 Å². The lowest BCUT2D eigenvalue weighted by Crippen LogP contribution is -2.44. The highest BCUT2D eigenvalue weighted by Gasteiger charge is 2.21. The number of carbonyl (C=O) groups excluding carboxylic acids is 1. The second-order valence-corrected chi connectivity index (χ2v) is 7.17. The first-order valence-electron chi connectivity index (χ1n) is 9.02. The van der Waals surface area contributed by atoms with Gasteiger partial charge in [0.05, 0.1) is 13.5 Å². The van der Waals surface area contributed by atoms with Crippen LogP contribution in [0.2, 0.25) is 5.02 Å². The van der Waals surface area contributed by atoms with E-state index in [-0.39, 0.29) is 11.9 Å². The number of halogens is 1. The number of hydrogen-bond donors (Lipinski definition) is 1. The monoisotopic (exact) mass is 372 g/mol. The smallest absolute Gasteiger partial charge is 0.224 e. The van der Waals surface area contributed by atoms with Gasteiger partial charge in [-0.05, 0) is 36.6 Å². The van der Waals surface area contributed by atoms with E-state index in [1.807, 2.05) is 36.4 Å². The predicted molar refractivity (Wildman–Crippen MR) is 105 cm³/mol. The Balaban J connectivity index is 1.44. The van der Waals surface area contributed by atoms with Crippen LogP contribution in [0.15, 0.2) is 48.5 Å². The van der Waals surface area contributed by atoms with Crippen LogP contribution in [0, 0.1) is 0 Å². The third-order valence-electron chi connectivity index (χ3n) is 4.82. The Labute approximate surface area is 160 Å². The Kier molecular flexibility index (Phi) is 6.53. The summed E-state index contributed by atoms with van der Waals surface area (Å²) in [6, 6.07) is 15.9. The molecule has 5 heteroatoms. The molecule has 0 spiro atoms. The summed E-state index contributed by atoms with van der Waals surface area (Å²) in [4.78, 5) is 14.8. The number of para-hydroxylation sites is 1. The second-order valence-electron chi connectivity index (χ2n) is 6.73. The summed E-state index contributed by atoms with van der Waals surface area (Å²) in [5.74, 6) is 0.825. The zero-order chi connectivity index (χ0) is 18.4. The number of methoxy groups -OCH3 is 1. The van der Waals surface area contributed by atoms with Gasteiger partial charge in [0.1, 0.15) is 5.75 Å². The Morgan fingerprint density at radius 3 is 2.54 bits per heavy atom. The molecule has 1 aliphatic heterocycles.